The molecule has 0 atom stereocenters. The van der Waals surface area contributed by atoms with Crippen molar-refractivity contribution >= 4 is 11.8 Å². The van der Waals surface area contributed by atoms with E-state index in [-0.39, 0.29) is 5.95 Å². The summed E-state index contributed by atoms with van der Waals surface area (Å²) in [6.45, 7) is 0. The summed E-state index contributed by atoms with van der Waals surface area (Å²) in [5.74, 6) is 1.60. The topological polar surface area (TPSA) is 86.0 Å². The van der Waals surface area contributed by atoms with Crippen molar-refractivity contribution in [3.8, 4) is 17.1 Å². The minimum Gasteiger partial charge on any atom is -0.481 e. The highest BCUT2D eigenvalue weighted by molar-refractivity contribution is 5.63. The molecule has 0 aromatic carbocycles. The zero-order valence-electron chi connectivity index (χ0n) is 10.6. The molecule has 0 amide bonds. The minimum atomic E-state index is 0.261. The molecule has 6 nitrogen and oxygen atoms in total. The third kappa shape index (κ3) is 2.73. The number of methoxy groups -OCH3 is 1. The SMILES string of the molecule is COc1ccc(-c2cc(NC3CC3)nc(N)n2)cn1. The van der Waals surface area contributed by atoms with Gasteiger partial charge in [0, 0.05) is 29.9 Å². The lowest BCUT2D eigenvalue weighted by molar-refractivity contribution is 0.398. The zero-order chi connectivity index (χ0) is 13.2. The fourth-order valence-electron chi connectivity index (χ4n) is 1.78. The quantitative estimate of drug-likeness (QED) is 0.867. The number of hydrogen-bond acceptors (Lipinski definition) is 6. The van der Waals surface area contributed by atoms with Gasteiger partial charge in [-0.3, -0.25) is 0 Å². The first-order valence-corrected chi connectivity index (χ1v) is 6.16. The lowest BCUT2D eigenvalue weighted by Crippen LogP contribution is -2.06. The maximum absolute atomic E-state index is 5.74. The number of nitrogen functional groups attached to an aromatic ring is 1. The molecule has 1 saturated carbocycles. The van der Waals surface area contributed by atoms with Crippen molar-refractivity contribution in [2.24, 2.45) is 0 Å². The molecule has 1 aliphatic carbocycles. The molecule has 2 aromatic rings. The number of nitrogens with one attached hydrogen (secondary N) is 1. The Morgan fingerprint density at radius 2 is 2.16 bits per heavy atom. The van der Waals surface area contributed by atoms with E-state index in [1.165, 1.54) is 12.8 Å². The maximum Gasteiger partial charge on any atom is 0.222 e. The highest BCUT2D eigenvalue weighted by atomic mass is 16.5. The average molecular weight is 257 g/mol. The van der Waals surface area contributed by atoms with E-state index in [1.54, 1.807) is 19.4 Å². The molecular weight excluding hydrogens is 242 g/mol. The molecule has 19 heavy (non-hydrogen) atoms. The molecule has 1 fully saturated rings. The van der Waals surface area contributed by atoms with Crippen molar-refractivity contribution in [3.63, 3.8) is 0 Å². The van der Waals surface area contributed by atoms with Crippen LogP contribution in [0.1, 0.15) is 12.8 Å². The van der Waals surface area contributed by atoms with Crippen LogP contribution in [0.4, 0.5) is 11.8 Å². The van der Waals surface area contributed by atoms with Crippen LogP contribution in [-0.2, 0) is 0 Å². The second-order valence-corrected chi connectivity index (χ2v) is 4.50. The van der Waals surface area contributed by atoms with E-state index in [9.17, 15) is 0 Å². The number of nitrogens with zero attached hydrogens (tertiary/aromatic N) is 3. The highest BCUT2D eigenvalue weighted by Gasteiger charge is 2.21. The third-order valence-electron chi connectivity index (χ3n) is 2.91. The van der Waals surface area contributed by atoms with E-state index in [4.69, 9.17) is 10.5 Å². The van der Waals surface area contributed by atoms with Gasteiger partial charge in [0.05, 0.1) is 12.8 Å². The van der Waals surface area contributed by atoms with Gasteiger partial charge < -0.3 is 15.8 Å². The van der Waals surface area contributed by atoms with E-state index in [1.807, 2.05) is 12.1 Å². The first-order chi connectivity index (χ1) is 9.24. The molecule has 2 aromatic heterocycles. The maximum atomic E-state index is 5.74. The molecule has 0 unspecified atom stereocenters. The van der Waals surface area contributed by atoms with Crippen molar-refractivity contribution in [2.75, 3.05) is 18.2 Å². The van der Waals surface area contributed by atoms with Crippen LogP contribution in [0.25, 0.3) is 11.3 Å². The molecule has 6 heteroatoms. The molecule has 98 valence electrons. The van der Waals surface area contributed by atoms with Gasteiger partial charge in [-0.25, -0.2) is 9.97 Å². The molecule has 1 aliphatic rings. The van der Waals surface area contributed by atoms with Crippen molar-refractivity contribution < 1.29 is 4.74 Å². The summed E-state index contributed by atoms with van der Waals surface area (Å²) in [7, 11) is 1.59. The van der Waals surface area contributed by atoms with Crippen molar-refractivity contribution in [2.45, 2.75) is 18.9 Å². The fraction of sp³-hybridized carbons (Fsp3) is 0.308. The molecule has 0 radical (unpaired) electrons. The Bertz CT molecular complexity index is 580. The van der Waals surface area contributed by atoms with Crippen LogP contribution in [0.2, 0.25) is 0 Å². The van der Waals surface area contributed by atoms with Crippen molar-refractivity contribution in [3.05, 3.63) is 24.4 Å². The number of hydrogen-bond donors (Lipinski definition) is 2. The molecule has 3 N–H and O–H groups in total. The van der Waals surface area contributed by atoms with E-state index < -0.39 is 0 Å². The van der Waals surface area contributed by atoms with Gasteiger partial charge in [0.2, 0.25) is 11.8 Å². The van der Waals surface area contributed by atoms with Gasteiger partial charge in [0.15, 0.2) is 0 Å². The van der Waals surface area contributed by atoms with Crippen LogP contribution in [0.15, 0.2) is 24.4 Å². The lowest BCUT2D eigenvalue weighted by atomic mass is 10.2. The Hall–Kier alpha value is -2.37. The van der Waals surface area contributed by atoms with Gasteiger partial charge in [-0.15, -0.1) is 0 Å². The zero-order valence-corrected chi connectivity index (χ0v) is 10.6. The van der Waals surface area contributed by atoms with Gasteiger partial charge in [0.25, 0.3) is 0 Å². The Morgan fingerprint density at radius 3 is 2.79 bits per heavy atom. The number of ether oxygens (including phenoxy) is 1. The summed E-state index contributed by atoms with van der Waals surface area (Å²) >= 11 is 0. The molecular formula is C13H15N5O. The van der Waals surface area contributed by atoms with Crippen LogP contribution < -0.4 is 15.8 Å². The van der Waals surface area contributed by atoms with Crippen LogP contribution in [0.5, 0.6) is 5.88 Å². The highest BCUT2D eigenvalue weighted by Crippen LogP contribution is 2.26. The van der Waals surface area contributed by atoms with Crippen LogP contribution in [0.3, 0.4) is 0 Å². The van der Waals surface area contributed by atoms with Gasteiger partial charge >= 0.3 is 0 Å². The van der Waals surface area contributed by atoms with Crippen LogP contribution in [-0.4, -0.2) is 28.1 Å². The van der Waals surface area contributed by atoms with Gasteiger partial charge in [-0.05, 0) is 18.9 Å². The fourth-order valence-corrected chi connectivity index (χ4v) is 1.78. The smallest absolute Gasteiger partial charge is 0.222 e. The molecule has 2 heterocycles. The number of aromatic nitrogens is 3. The summed E-state index contributed by atoms with van der Waals surface area (Å²) in [6, 6.07) is 6.10. The monoisotopic (exact) mass is 257 g/mol. The first-order valence-electron chi connectivity index (χ1n) is 6.16. The normalized spacial score (nSPS) is 14.2. The summed E-state index contributed by atoms with van der Waals surface area (Å²) in [4.78, 5) is 12.6. The van der Waals surface area contributed by atoms with E-state index in [2.05, 4.69) is 20.3 Å². The molecule has 3 rings (SSSR count). The van der Waals surface area contributed by atoms with Crippen molar-refractivity contribution in [1.29, 1.82) is 0 Å². The lowest BCUT2D eigenvalue weighted by Gasteiger charge is -2.07. The first kappa shape index (κ1) is 11.7. The van der Waals surface area contributed by atoms with Crippen molar-refractivity contribution in [1.82, 2.24) is 15.0 Å². The molecule has 0 saturated heterocycles. The third-order valence-corrected chi connectivity index (χ3v) is 2.91. The summed E-state index contributed by atoms with van der Waals surface area (Å²) in [6.07, 6.45) is 4.08. The standard InChI is InChI=1S/C13H15N5O/c1-19-12-5-2-8(7-15-12)10-6-11(16-9-3-4-9)18-13(14)17-10/h2,5-7,9H,3-4H2,1H3,(H3,14,16,17,18). The Labute approximate surface area is 111 Å². The molecule has 0 bridgehead atoms. The number of pyridine rings is 1. The molecule has 0 spiro atoms. The largest absolute Gasteiger partial charge is 0.481 e. The number of anilines is 2. The Balaban J connectivity index is 1.91. The van der Waals surface area contributed by atoms with E-state index in [0.29, 0.717) is 11.9 Å². The van der Waals surface area contributed by atoms with Gasteiger partial charge in [-0.1, -0.05) is 0 Å². The van der Waals surface area contributed by atoms with E-state index in [0.717, 1.165) is 17.1 Å². The van der Waals surface area contributed by atoms with Gasteiger partial charge in [0.1, 0.15) is 5.82 Å². The summed E-state index contributed by atoms with van der Waals surface area (Å²) < 4.78 is 5.03. The predicted octanol–water partition coefficient (Wildman–Crippen LogP) is 1.70. The Morgan fingerprint density at radius 1 is 1.32 bits per heavy atom. The minimum absolute atomic E-state index is 0.261. The average Bonchev–Trinajstić information content (AvgIpc) is 3.22. The van der Waals surface area contributed by atoms with Crippen LogP contribution in [0, 0.1) is 0 Å². The van der Waals surface area contributed by atoms with Gasteiger partial charge in [-0.2, -0.15) is 4.98 Å². The second kappa shape index (κ2) is 4.72. The van der Waals surface area contributed by atoms with E-state index >= 15 is 0 Å². The number of rotatable bonds is 4. The molecule has 0 aliphatic heterocycles. The Kier molecular flexibility index (Phi) is 2.91. The predicted molar refractivity (Wildman–Crippen MR) is 72.9 cm³/mol. The summed E-state index contributed by atoms with van der Waals surface area (Å²) in [5, 5.41) is 3.31. The van der Waals surface area contributed by atoms with Crippen LogP contribution >= 0.6 is 0 Å². The number of nitrogens with two attached hydrogens (primary N) is 1. The summed E-state index contributed by atoms with van der Waals surface area (Å²) in [5.41, 5.74) is 7.38. The second-order valence-electron chi connectivity index (χ2n) is 4.50.